The highest BCUT2D eigenvalue weighted by molar-refractivity contribution is 9.10. The van der Waals surface area contributed by atoms with E-state index in [1.807, 2.05) is 0 Å². The summed E-state index contributed by atoms with van der Waals surface area (Å²) in [5.74, 6) is 0. The van der Waals surface area contributed by atoms with Gasteiger partial charge in [0.15, 0.2) is 0 Å². The van der Waals surface area contributed by atoms with Gasteiger partial charge >= 0.3 is 0 Å². The lowest BCUT2D eigenvalue weighted by molar-refractivity contribution is 0.237. The maximum atomic E-state index is 3.72. The minimum Gasteiger partial charge on any atom is -0.313 e. The molecule has 2 nitrogen and oxygen atoms in total. The zero-order chi connectivity index (χ0) is 13.7. The van der Waals surface area contributed by atoms with Crippen LogP contribution < -0.4 is 5.32 Å². The van der Waals surface area contributed by atoms with Gasteiger partial charge in [0.05, 0.1) is 0 Å². The van der Waals surface area contributed by atoms with E-state index >= 15 is 0 Å². The molecule has 0 radical (unpaired) electrons. The number of halogens is 1. The summed E-state index contributed by atoms with van der Waals surface area (Å²) in [4.78, 5) is 2.51. The summed E-state index contributed by atoms with van der Waals surface area (Å²) < 4.78 is 1.24. The zero-order valence-electron chi connectivity index (χ0n) is 12.1. The lowest BCUT2D eigenvalue weighted by Crippen LogP contribution is -2.28. The fourth-order valence-electron chi connectivity index (χ4n) is 2.84. The number of nitrogens with one attached hydrogen (secondary N) is 1. The predicted octanol–water partition coefficient (Wildman–Crippen LogP) is 3.93. The maximum Gasteiger partial charge on any atom is 0.0244 e. The second-order valence-corrected chi connectivity index (χ2v) is 6.41. The number of benzene rings is 1. The molecule has 1 aromatic rings. The number of hydrogen-bond acceptors (Lipinski definition) is 2. The Hall–Kier alpha value is -0.380. The van der Waals surface area contributed by atoms with Crippen LogP contribution in [0.3, 0.4) is 0 Å². The minimum absolute atomic E-state index is 0.785. The van der Waals surface area contributed by atoms with Crippen LogP contribution in [0.1, 0.15) is 43.7 Å². The number of nitrogens with zero attached hydrogens (tertiary/aromatic N) is 1. The van der Waals surface area contributed by atoms with Gasteiger partial charge in [0, 0.05) is 23.6 Å². The van der Waals surface area contributed by atoms with Gasteiger partial charge < -0.3 is 5.32 Å². The zero-order valence-corrected chi connectivity index (χ0v) is 13.7. The normalized spacial score (nSPS) is 16.4. The van der Waals surface area contributed by atoms with Gasteiger partial charge in [-0.05, 0) is 43.6 Å². The lowest BCUT2D eigenvalue weighted by atomic mass is 10.1. The van der Waals surface area contributed by atoms with Crippen LogP contribution in [0.5, 0.6) is 0 Å². The largest absolute Gasteiger partial charge is 0.313 e. The van der Waals surface area contributed by atoms with Crippen molar-refractivity contribution in [3.05, 3.63) is 33.8 Å². The second kappa shape index (κ2) is 7.41. The van der Waals surface area contributed by atoms with E-state index in [1.54, 1.807) is 0 Å². The van der Waals surface area contributed by atoms with Crippen molar-refractivity contribution < 1.29 is 0 Å². The Bertz CT molecular complexity index is 400. The van der Waals surface area contributed by atoms with E-state index in [0.717, 1.165) is 25.7 Å². The van der Waals surface area contributed by atoms with Gasteiger partial charge in [-0.15, -0.1) is 0 Å². The van der Waals surface area contributed by atoms with Crippen LogP contribution >= 0.6 is 15.9 Å². The molecule has 0 saturated heterocycles. The quantitative estimate of drug-likeness (QED) is 0.852. The third-order valence-electron chi connectivity index (χ3n) is 4.06. The van der Waals surface area contributed by atoms with E-state index in [4.69, 9.17) is 0 Å². The third kappa shape index (κ3) is 4.30. The van der Waals surface area contributed by atoms with Crippen molar-refractivity contribution in [1.82, 2.24) is 10.2 Å². The fourth-order valence-corrected chi connectivity index (χ4v) is 3.39. The first-order valence-corrected chi connectivity index (χ1v) is 8.18. The van der Waals surface area contributed by atoms with E-state index in [-0.39, 0.29) is 0 Å². The van der Waals surface area contributed by atoms with E-state index in [9.17, 15) is 0 Å². The molecule has 0 aromatic heterocycles. The smallest absolute Gasteiger partial charge is 0.0244 e. The van der Waals surface area contributed by atoms with Crippen LogP contribution in [-0.4, -0.2) is 24.5 Å². The van der Waals surface area contributed by atoms with Crippen molar-refractivity contribution in [2.24, 2.45) is 0 Å². The molecule has 2 rings (SSSR count). The van der Waals surface area contributed by atoms with Gasteiger partial charge in [0.1, 0.15) is 0 Å². The Morgan fingerprint density at radius 1 is 1.32 bits per heavy atom. The highest BCUT2D eigenvalue weighted by Crippen LogP contribution is 2.26. The molecule has 0 unspecified atom stereocenters. The first kappa shape index (κ1) is 15.0. The molecule has 1 N–H and O–H groups in total. The molecule has 0 heterocycles. The monoisotopic (exact) mass is 324 g/mol. The molecular formula is C16H25BrN2. The topological polar surface area (TPSA) is 15.3 Å². The summed E-state index contributed by atoms with van der Waals surface area (Å²) in [7, 11) is 2.26. The van der Waals surface area contributed by atoms with Gasteiger partial charge in [-0.2, -0.15) is 0 Å². The highest BCUT2D eigenvalue weighted by atomic mass is 79.9. The Labute approximate surface area is 125 Å². The highest BCUT2D eigenvalue weighted by Gasteiger charge is 2.19. The summed E-state index contributed by atoms with van der Waals surface area (Å²) in [6.45, 7) is 5.16. The van der Waals surface area contributed by atoms with Crippen LogP contribution in [0.2, 0.25) is 0 Å². The first-order valence-electron chi connectivity index (χ1n) is 7.39. The average molecular weight is 325 g/mol. The Kier molecular flexibility index (Phi) is 5.86. The van der Waals surface area contributed by atoms with Crippen molar-refractivity contribution in [3.63, 3.8) is 0 Å². The number of hydrogen-bond donors (Lipinski definition) is 1. The lowest BCUT2D eigenvalue weighted by Gasteiger charge is -2.24. The molecule has 0 bridgehead atoms. The summed E-state index contributed by atoms with van der Waals surface area (Å²) in [5, 5.41) is 3.37. The van der Waals surface area contributed by atoms with Gasteiger partial charge in [0.25, 0.3) is 0 Å². The van der Waals surface area contributed by atoms with Crippen molar-refractivity contribution in [2.75, 3.05) is 13.6 Å². The van der Waals surface area contributed by atoms with Crippen LogP contribution in [0, 0.1) is 0 Å². The molecule has 1 aromatic carbocycles. The molecule has 0 aliphatic heterocycles. The Morgan fingerprint density at radius 2 is 2.05 bits per heavy atom. The molecule has 1 aliphatic rings. The van der Waals surface area contributed by atoms with Crippen molar-refractivity contribution in [1.29, 1.82) is 0 Å². The first-order chi connectivity index (χ1) is 9.20. The van der Waals surface area contributed by atoms with Gasteiger partial charge in [-0.25, -0.2) is 0 Å². The van der Waals surface area contributed by atoms with Crippen LogP contribution in [0.25, 0.3) is 0 Å². The molecule has 3 heteroatoms. The molecule has 0 atom stereocenters. The van der Waals surface area contributed by atoms with Crippen LogP contribution in [0.15, 0.2) is 22.7 Å². The van der Waals surface area contributed by atoms with Gasteiger partial charge in [-0.1, -0.05) is 47.8 Å². The molecule has 106 valence electrons. The summed E-state index contributed by atoms with van der Waals surface area (Å²) in [6, 6.07) is 7.54. The number of rotatable bonds is 6. The summed E-state index contributed by atoms with van der Waals surface area (Å²) >= 11 is 3.72. The van der Waals surface area contributed by atoms with Crippen LogP contribution in [-0.2, 0) is 13.1 Å². The van der Waals surface area contributed by atoms with Gasteiger partial charge in [0.2, 0.25) is 0 Å². The predicted molar refractivity (Wildman–Crippen MR) is 85.2 cm³/mol. The van der Waals surface area contributed by atoms with E-state index in [2.05, 4.69) is 58.3 Å². The maximum absolute atomic E-state index is 3.72. The molecule has 0 spiro atoms. The third-order valence-corrected chi connectivity index (χ3v) is 4.80. The van der Waals surface area contributed by atoms with Crippen molar-refractivity contribution in [3.8, 4) is 0 Å². The molecule has 1 saturated carbocycles. The standard InChI is InChI=1S/C16H25BrN2/c1-3-18-11-13-8-9-14(16(17)10-13)12-19(2)15-6-4-5-7-15/h8-10,15,18H,3-7,11-12H2,1-2H3. The van der Waals surface area contributed by atoms with E-state index in [1.165, 1.54) is 41.3 Å². The van der Waals surface area contributed by atoms with E-state index in [0.29, 0.717) is 0 Å². The molecule has 19 heavy (non-hydrogen) atoms. The SMILES string of the molecule is CCNCc1ccc(CN(C)C2CCCC2)c(Br)c1. The molecule has 0 amide bonds. The van der Waals surface area contributed by atoms with Crippen molar-refractivity contribution >= 4 is 15.9 Å². The summed E-state index contributed by atoms with van der Waals surface area (Å²) in [6.07, 6.45) is 5.54. The van der Waals surface area contributed by atoms with Crippen molar-refractivity contribution in [2.45, 2.75) is 51.7 Å². The fraction of sp³-hybridized carbons (Fsp3) is 0.625. The average Bonchev–Trinajstić information content (AvgIpc) is 2.93. The van der Waals surface area contributed by atoms with E-state index < -0.39 is 0 Å². The Morgan fingerprint density at radius 3 is 2.68 bits per heavy atom. The molecule has 1 aliphatic carbocycles. The summed E-state index contributed by atoms with van der Waals surface area (Å²) in [5.41, 5.74) is 2.75. The van der Waals surface area contributed by atoms with Crippen LogP contribution in [0.4, 0.5) is 0 Å². The minimum atomic E-state index is 0.785. The second-order valence-electron chi connectivity index (χ2n) is 5.56. The Balaban J connectivity index is 1.96. The molecular weight excluding hydrogens is 300 g/mol. The van der Waals surface area contributed by atoms with Gasteiger partial charge in [-0.3, -0.25) is 4.90 Å². The molecule has 1 fully saturated rings.